The number of rotatable bonds is 9. The van der Waals surface area contributed by atoms with Gasteiger partial charge in [-0.1, -0.05) is 0 Å². The molecule has 2 aromatic rings. The van der Waals surface area contributed by atoms with Crippen molar-refractivity contribution < 1.29 is 38.3 Å². The van der Waals surface area contributed by atoms with Crippen molar-refractivity contribution in [1.29, 1.82) is 0 Å². The number of hydrogen-bond donors (Lipinski definition) is 1. The van der Waals surface area contributed by atoms with Gasteiger partial charge in [0.1, 0.15) is 0 Å². The monoisotopic (exact) mass is 432 g/mol. The van der Waals surface area contributed by atoms with E-state index in [0.29, 0.717) is 48.2 Å². The summed E-state index contributed by atoms with van der Waals surface area (Å²) in [5, 5.41) is 10.1. The summed E-state index contributed by atoms with van der Waals surface area (Å²) in [6, 6.07) is 7.18. The molecule has 0 spiro atoms. The highest BCUT2D eigenvalue weighted by Gasteiger charge is 2.37. The topological polar surface area (TPSA) is 92.7 Å². The van der Waals surface area contributed by atoms with E-state index in [1.54, 1.807) is 33.5 Å². The van der Waals surface area contributed by atoms with Crippen LogP contribution in [-0.4, -0.2) is 53.2 Å². The first kappa shape index (κ1) is 22.4. The molecule has 2 aromatic carbocycles. The molecular weight excluding hydrogens is 404 g/mol. The average Bonchev–Trinajstić information content (AvgIpc) is 3.12. The predicted octanol–water partition coefficient (Wildman–Crippen LogP) is 3.01. The Morgan fingerprint density at radius 1 is 0.806 bits per heavy atom. The molecule has 0 unspecified atom stereocenters. The maximum absolute atomic E-state index is 12.5. The van der Waals surface area contributed by atoms with E-state index in [1.165, 1.54) is 14.2 Å². The number of carbonyl (C=O) groups is 1. The van der Waals surface area contributed by atoms with Crippen molar-refractivity contribution in [3.63, 3.8) is 0 Å². The molecule has 0 saturated carbocycles. The number of benzene rings is 2. The van der Waals surface area contributed by atoms with E-state index in [4.69, 9.17) is 28.4 Å². The minimum Gasteiger partial charge on any atom is -0.502 e. The van der Waals surface area contributed by atoms with Gasteiger partial charge in [-0.2, -0.15) is 0 Å². The fraction of sp³-hybridized carbons (Fsp3) is 0.435. The van der Waals surface area contributed by atoms with E-state index in [0.717, 1.165) is 11.1 Å². The van der Waals surface area contributed by atoms with E-state index in [-0.39, 0.29) is 23.6 Å². The van der Waals surface area contributed by atoms with E-state index in [2.05, 4.69) is 0 Å². The number of aromatic hydroxyl groups is 1. The third-order valence-corrected chi connectivity index (χ3v) is 5.53. The standard InChI is InChI=1S/C23H28O8/c1-26-17-8-13(9-18(27-2)21(17)24)6-15-12-31-23(25)16(15)7-14-10-19(28-3)22(30-5)20(11-14)29-4/h8-11,15-16,24H,6-7,12H2,1-5H3/t15-,16+/m0/s1. The molecule has 8 heteroatoms. The van der Waals surface area contributed by atoms with Crippen molar-refractivity contribution in [2.45, 2.75) is 12.8 Å². The molecule has 0 aromatic heterocycles. The first-order valence-electron chi connectivity index (χ1n) is 9.85. The normalized spacial score (nSPS) is 17.8. The number of carbonyl (C=O) groups excluding carboxylic acids is 1. The van der Waals surface area contributed by atoms with Crippen LogP contribution in [0.15, 0.2) is 24.3 Å². The summed E-state index contributed by atoms with van der Waals surface area (Å²) in [6.45, 7) is 0.319. The van der Waals surface area contributed by atoms with Crippen LogP contribution in [0.2, 0.25) is 0 Å². The second-order valence-electron chi connectivity index (χ2n) is 7.29. The molecule has 1 heterocycles. The molecule has 168 valence electrons. The fourth-order valence-corrected chi connectivity index (χ4v) is 3.93. The lowest BCUT2D eigenvalue weighted by Gasteiger charge is -2.19. The van der Waals surface area contributed by atoms with Gasteiger partial charge in [0.15, 0.2) is 23.0 Å². The second kappa shape index (κ2) is 9.68. The van der Waals surface area contributed by atoms with Crippen molar-refractivity contribution in [2.75, 3.05) is 42.2 Å². The minimum absolute atomic E-state index is 0.0504. The van der Waals surface area contributed by atoms with Crippen molar-refractivity contribution in [3.8, 4) is 34.5 Å². The Hall–Kier alpha value is -3.29. The second-order valence-corrected chi connectivity index (χ2v) is 7.29. The van der Waals surface area contributed by atoms with Gasteiger partial charge in [0.05, 0.1) is 48.1 Å². The number of hydrogen-bond acceptors (Lipinski definition) is 8. The van der Waals surface area contributed by atoms with Crippen LogP contribution < -0.4 is 23.7 Å². The maximum Gasteiger partial charge on any atom is 0.309 e. The zero-order valence-electron chi connectivity index (χ0n) is 18.4. The van der Waals surface area contributed by atoms with Gasteiger partial charge < -0.3 is 33.5 Å². The molecule has 31 heavy (non-hydrogen) atoms. The fourth-order valence-electron chi connectivity index (χ4n) is 3.93. The highest BCUT2D eigenvalue weighted by atomic mass is 16.5. The number of cyclic esters (lactones) is 1. The Kier molecular flexibility index (Phi) is 6.99. The van der Waals surface area contributed by atoms with Crippen LogP contribution in [-0.2, 0) is 22.4 Å². The SMILES string of the molecule is COc1cc(C[C@H]2COC(=O)[C@@H]2Cc2cc(OC)c(OC)c(OC)c2)cc(OC)c1O. The summed E-state index contributed by atoms with van der Waals surface area (Å²) in [5.74, 6) is 1.53. The summed E-state index contributed by atoms with van der Waals surface area (Å²) in [6.07, 6.45) is 1.03. The number of phenolic OH excluding ortho intramolecular Hbond substituents is 1. The lowest BCUT2D eigenvalue weighted by Crippen LogP contribution is -2.21. The van der Waals surface area contributed by atoms with Crippen molar-refractivity contribution >= 4 is 5.97 Å². The maximum atomic E-state index is 12.5. The van der Waals surface area contributed by atoms with Gasteiger partial charge in [-0.15, -0.1) is 0 Å². The van der Waals surface area contributed by atoms with Crippen LogP contribution in [0.1, 0.15) is 11.1 Å². The third-order valence-electron chi connectivity index (χ3n) is 5.53. The first-order chi connectivity index (χ1) is 14.9. The van der Waals surface area contributed by atoms with E-state index in [9.17, 15) is 9.90 Å². The lowest BCUT2D eigenvalue weighted by atomic mass is 9.84. The Bertz CT molecular complexity index is 889. The molecule has 0 radical (unpaired) electrons. The summed E-state index contributed by atoms with van der Waals surface area (Å²) < 4.78 is 32.1. The molecule has 0 aliphatic carbocycles. The van der Waals surface area contributed by atoms with Gasteiger partial charge in [-0.3, -0.25) is 4.79 Å². The zero-order chi connectivity index (χ0) is 22.5. The molecule has 1 aliphatic rings. The average molecular weight is 432 g/mol. The molecule has 2 atom stereocenters. The molecule has 1 aliphatic heterocycles. The van der Waals surface area contributed by atoms with Gasteiger partial charge in [0.25, 0.3) is 0 Å². The number of methoxy groups -OCH3 is 5. The van der Waals surface area contributed by atoms with Gasteiger partial charge in [0, 0.05) is 5.92 Å². The largest absolute Gasteiger partial charge is 0.502 e. The van der Waals surface area contributed by atoms with Crippen LogP contribution in [0.25, 0.3) is 0 Å². The van der Waals surface area contributed by atoms with Gasteiger partial charge in [0.2, 0.25) is 11.5 Å². The lowest BCUT2D eigenvalue weighted by molar-refractivity contribution is -0.141. The zero-order valence-corrected chi connectivity index (χ0v) is 18.4. The number of phenols is 1. The van der Waals surface area contributed by atoms with Crippen LogP contribution in [0, 0.1) is 11.8 Å². The van der Waals surface area contributed by atoms with E-state index >= 15 is 0 Å². The Balaban J connectivity index is 1.86. The highest BCUT2D eigenvalue weighted by Crippen LogP contribution is 2.41. The Morgan fingerprint density at radius 2 is 1.29 bits per heavy atom. The van der Waals surface area contributed by atoms with Crippen molar-refractivity contribution in [1.82, 2.24) is 0 Å². The van der Waals surface area contributed by atoms with Gasteiger partial charge in [-0.25, -0.2) is 0 Å². The Labute approximate surface area is 181 Å². The van der Waals surface area contributed by atoms with Gasteiger partial charge >= 0.3 is 5.97 Å². The van der Waals surface area contributed by atoms with Crippen LogP contribution in [0.5, 0.6) is 34.5 Å². The smallest absolute Gasteiger partial charge is 0.309 e. The first-order valence-corrected chi connectivity index (χ1v) is 9.85. The third kappa shape index (κ3) is 4.57. The molecule has 3 rings (SSSR count). The molecule has 1 saturated heterocycles. The molecule has 0 bridgehead atoms. The number of esters is 1. The van der Waals surface area contributed by atoms with Crippen LogP contribution in [0.3, 0.4) is 0 Å². The number of ether oxygens (including phenoxy) is 6. The Morgan fingerprint density at radius 3 is 1.77 bits per heavy atom. The van der Waals surface area contributed by atoms with E-state index < -0.39 is 0 Å². The van der Waals surface area contributed by atoms with Crippen molar-refractivity contribution in [2.24, 2.45) is 11.8 Å². The highest BCUT2D eigenvalue weighted by molar-refractivity contribution is 5.75. The quantitative estimate of drug-likeness (QED) is 0.605. The molecule has 0 amide bonds. The summed E-state index contributed by atoms with van der Waals surface area (Å²) in [5.41, 5.74) is 1.76. The summed E-state index contributed by atoms with van der Waals surface area (Å²) in [4.78, 5) is 12.5. The minimum atomic E-state index is -0.339. The predicted molar refractivity (Wildman–Crippen MR) is 113 cm³/mol. The van der Waals surface area contributed by atoms with Gasteiger partial charge in [-0.05, 0) is 48.2 Å². The van der Waals surface area contributed by atoms with E-state index in [1.807, 2.05) is 12.1 Å². The van der Waals surface area contributed by atoms with Crippen LogP contribution >= 0.6 is 0 Å². The molecule has 8 nitrogen and oxygen atoms in total. The molecule has 1 fully saturated rings. The molecular formula is C23H28O8. The molecule has 1 N–H and O–H groups in total. The summed E-state index contributed by atoms with van der Waals surface area (Å²) in [7, 11) is 7.62. The van der Waals surface area contributed by atoms with Crippen molar-refractivity contribution in [3.05, 3.63) is 35.4 Å². The van der Waals surface area contributed by atoms with Crippen LogP contribution in [0.4, 0.5) is 0 Å². The summed E-state index contributed by atoms with van der Waals surface area (Å²) >= 11 is 0.